The Morgan fingerprint density at radius 2 is 1.81 bits per heavy atom. The zero-order chi connectivity index (χ0) is 21.8. The van der Waals surface area contributed by atoms with Crippen molar-refractivity contribution in [1.29, 1.82) is 0 Å². The highest BCUT2D eigenvalue weighted by atomic mass is 19.1. The van der Waals surface area contributed by atoms with Crippen LogP contribution in [0.4, 0.5) is 10.1 Å². The van der Waals surface area contributed by atoms with Crippen molar-refractivity contribution >= 4 is 11.6 Å². The number of rotatable bonds is 6. The van der Waals surface area contributed by atoms with Crippen LogP contribution in [0.5, 0.6) is 5.75 Å². The minimum absolute atomic E-state index is 0.137. The van der Waals surface area contributed by atoms with E-state index in [1.165, 1.54) is 12.1 Å². The number of hydrogen-bond donors (Lipinski definition) is 1. The van der Waals surface area contributed by atoms with Crippen LogP contribution in [-0.2, 0) is 4.79 Å². The number of amides is 1. The number of para-hydroxylation sites is 1. The van der Waals surface area contributed by atoms with E-state index in [0.29, 0.717) is 28.4 Å². The van der Waals surface area contributed by atoms with Crippen molar-refractivity contribution in [2.24, 2.45) is 0 Å². The number of hydrogen-bond acceptors (Lipinski definition) is 5. The number of nitrogens with one attached hydrogen (secondary N) is 1. The van der Waals surface area contributed by atoms with E-state index in [2.05, 4.69) is 15.5 Å². The van der Waals surface area contributed by atoms with Crippen molar-refractivity contribution in [2.75, 3.05) is 11.9 Å². The lowest BCUT2D eigenvalue weighted by atomic mass is 10.1. The van der Waals surface area contributed by atoms with Crippen molar-refractivity contribution in [1.82, 2.24) is 10.1 Å². The monoisotopic (exact) mass is 417 g/mol. The maximum absolute atomic E-state index is 13.1. The zero-order valence-electron chi connectivity index (χ0n) is 17.1. The molecule has 31 heavy (non-hydrogen) atoms. The molecule has 3 aromatic carbocycles. The summed E-state index contributed by atoms with van der Waals surface area (Å²) in [6.07, 6.45) is 0. The third-order valence-corrected chi connectivity index (χ3v) is 4.81. The van der Waals surface area contributed by atoms with Crippen LogP contribution in [-0.4, -0.2) is 22.7 Å². The van der Waals surface area contributed by atoms with Gasteiger partial charge in [0.15, 0.2) is 6.61 Å². The van der Waals surface area contributed by atoms with Gasteiger partial charge in [-0.15, -0.1) is 0 Å². The maximum atomic E-state index is 13.1. The van der Waals surface area contributed by atoms with Gasteiger partial charge in [0, 0.05) is 5.56 Å². The van der Waals surface area contributed by atoms with Gasteiger partial charge in [0.05, 0.1) is 11.3 Å². The van der Waals surface area contributed by atoms with E-state index >= 15 is 0 Å². The normalized spacial score (nSPS) is 10.7. The summed E-state index contributed by atoms with van der Waals surface area (Å²) < 4.78 is 24.1. The first-order chi connectivity index (χ1) is 15.0. The van der Waals surface area contributed by atoms with Crippen molar-refractivity contribution in [3.8, 4) is 28.6 Å². The number of aromatic nitrogens is 2. The van der Waals surface area contributed by atoms with E-state index in [0.717, 1.165) is 11.1 Å². The Labute approximate surface area is 178 Å². The molecule has 0 spiro atoms. The first-order valence-electron chi connectivity index (χ1n) is 9.68. The molecule has 1 aromatic heterocycles. The summed E-state index contributed by atoms with van der Waals surface area (Å²) in [5.74, 6) is 0.541. The summed E-state index contributed by atoms with van der Waals surface area (Å²) in [4.78, 5) is 16.8. The van der Waals surface area contributed by atoms with Crippen LogP contribution in [0.2, 0.25) is 0 Å². The number of nitrogens with zero attached hydrogens (tertiary/aromatic N) is 2. The second kappa shape index (κ2) is 8.79. The maximum Gasteiger partial charge on any atom is 0.262 e. The summed E-state index contributed by atoms with van der Waals surface area (Å²) in [5, 5.41) is 6.78. The molecule has 0 saturated heterocycles. The average Bonchev–Trinajstić information content (AvgIpc) is 3.25. The van der Waals surface area contributed by atoms with E-state index in [1.54, 1.807) is 36.4 Å². The number of aryl methyl sites for hydroxylation is 2. The molecule has 1 N–H and O–H groups in total. The predicted octanol–water partition coefficient (Wildman–Crippen LogP) is 5.18. The number of benzene rings is 3. The Morgan fingerprint density at radius 3 is 2.58 bits per heavy atom. The molecule has 0 aliphatic heterocycles. The van der Waals surface area contributed by atoms with Crippen LogP contribution >= 0.6 is 0 Å². The Bertz CT molecular complexity index is 1220. The van der Waals surface area contributed by atoms with Crippen molar-refractivity contribution in [2.45, 2.75) is 13.8 Å². The molecule has 0 aliphatic carbocycles. The summed E-state index contributed by atoms with van der Waals surface area (Å²) in [6.45, 7) is 3.87. The molecule has 0 atom stereocenters. The number of anilines is 1. The SMILES string of the molecule is Cc1ccc(OCC(=O)Nc2ccccc2-c2nc(-c3ccc(F)cc3)no2)cc1C. The molecular formula is C24H20FN3O3. The van der Waals surface area contributed by atoms with Gasteiger partial charge in [-0.25, -0.2) is 4.39 Å². The lowest BCUT2D eigenvalue weighted by molar-refractivity contribution is -0.118. The van der Waals surface area contributed by atoms with E-state index in [1.807, 2.05) is 32.0 Å². The Hall–Kier alpha value is -4.00. The van der Waals surface area contributed by atoms with Crippen LogP contribution in [0.15, 0.2) is 71.3 Å². The van der Waals surface area contributed by atoms with Crippen LogP contribution in [0.25, 0.3) is 22.8 Å². The Balaban J connectivity index is 1.48. The fourth-order valence-electron chi connectivity index (χ4n) is 2.97. The molecule has 4 aromatic rings. The second-order valence-electron chi connectivity index (χ2n) is 7.06. The molecule has 0 bridgehead atoms. The van der Waals surface area contributed by atoms with Gasteiger partial charge in [-0.1, -0.05) is 23.4 Å². The standard InChI is InChI=1S/C24H20FN3O3/c1-15-7-12-19(13-16(15)2)30-14-22(29)26-21-6-4-3-5-20(21)24-27-23(28-31-24)17-8-10-18(25)11-9-17/h3-13H,14H2,1-2H3,(H,26,29). The highest BCUT2D eigenvalue weighted by Crippen LogP contribution is 2.28. The lowest BCUT2D eigenvalue weighted by Gasteiger charge is -2.10. The van der Waals surface area contributed by atoms with Gasteiger partial charge in [0.2, 0.25) is 5.82 Å². The molecule has 7 heteroatoms. The van der Waals surface area contributed by atoms with E-state index in [-0.39, 0.29) is 24.2 Å². The van der Waals surface area contributed by atoms with Crippen molar-refractivity contribution in [3.63, 3.8) is 0 Å². The first-order valence-corrected chi connectivity index (χ1v) is 9.68. The van der Waals surface area contributed by atoms with E-state index < -0.39 is 0 Å². The van der Waals surface area contributed by atoms with E-state index in [9.17, 15) is 9.18 Å². The third kappa shape index (κ3) is 4.78. The van der Waals surface area contributed by atoms with Crippen LogP contribution in [0.3, 0.4) is 0 Å². The first kappa shape index (κ1) is 20.3. The van der Waals surface area contributed by atoms with Crippen LogP contribution < -0.4 is 10.1 Å². The highest BCUT2D eigenvalue weighted by Gasteiger charge is 2.16. The van der Waals surface area contributed by atoms with Gasteiger partial charge < -0.3 is 14.6 Å². The smallest absolute Gasteiger partial charge is 0.262 e. The summed E-state index contributed by atoms with van der Waals surface area (Å²) in [7, 11) is 0. The quantitative estimate of drug-likeness (QED) is 0.468. The van der Waals surface area contributed by atoms with Gasteiger partial charge in [-0.3, -0.25) is 4.79 Å². The number of ether oxygens (including phenoxy) is 1. The zero-order valence-corrected chi connectivity index (χ0v) is 17.1. The van der Waals surface area contributed by atoms with E-state index in [4.69, 9.17) is 9.26 Å². The predicted molar refractivity (Wildman–Crippen MR) is 115 cm³/mol. The van der Waals surface area contributed by atoms with Crippen molar-refractivity contribution < 1.29 is 18.4 Å². The van der Waals surface area contributed by atoms with Crippen LogP contribution in [0, 0.1) is 19.7 Å². The minimum Gasteiger partial charge on any atom is -0.484 e. The fourth-order valence-corrected chi connectivity index (χ4v) is 2.97. The second-order valence-corrected chi connectivity index (χ2v) is 7.06. The molecule has 0 saturated carbocycles. The van der Waals surface area contributed by atoms with Gasteiger partial charge in [0.25, 0.3) is 11.8 Å². The van der Waals surface area contributed by atoms with Crippen LogP contribution in [0.1, 0.15) is 11.1 Å². The average molecular weight is 417 g/mol. The summed E-state index contributed by atoms with van der Waals surface area (Å²) in [5.41, 5.74) is 3.97. The Morgan fingerprint density at radius 1 is 1.03 bits per heavy atom. The molecule has 0 aliphatic rings. The molecule has 1 amide bonds. The molecule has 6 nitrogen and oxygen atoms in total. The third-order valence-electron chi connectivity index (χ3n) is 4.81. The topological polar surface area (TPSA) is 77.2 Å². The highest BCUT2D eigenvalue weighted by molar-refractivity contribution is 5.95. The van der Waals surface area contributed by atoms with Gasteiger partial charge in [-0.05, 0) is 73.5 Å². The molecular weight excluding hydrogens is 397 g/mol. The minimum atomic E-state index is -0.344. The van der Waals surface area contributed by atoms with Gasteiger partial charge >= 0.3 is 0 Å². The molecule has 1 heterocycles. The molecule has 0 radical (unpaired) electrons. The molecule has 156 valence electrons. The van der Waals surface area contributed by atoms with Gasteiger partial charge in [0.1, 0.15) is 11.6 Å². The van der Waals surface area contributed by atoms with Crippen molar-refractivity contribution in [3.05, 3.63) is 83.7 Å². The largest absolute Gasteiger partial charge is 0.484 e. The summed E-state index contributed by atoms with van der Waals surface area (Å²) in [6, 6.07) is 18.6. The fraction of sp³-hybridized carbons (Fsp3) is 0.125. The Kier molecular flexibility index (Phi) is 5.75. The number of carbonyl (C=O) groups is 1. The molecule has 4 rings (SSSR count). The number of halogens is 1. The lowest BCUT2D eigenvalue weighted by Crippen LogP contribution is -2.20. The number of carbonyl (C=O) groups excluding carboxylic acids is 1. The molecule has 0 fully saturated rings. The van der Waals surface area contributed by atoms with Gasteiger partial charge in [-0.2, -0.15) is 4.98 Å². The molecule has 0 unspecified atom stereocenters. The summed E-state index contributed by atoms with van der Waals surface area (Å²) >= 11 is 0.